The van der Waals surface area contributed by atoms with E-state index in [1.807, 2.05) is 12.1 Å². The number of carbonyl (C=O) groups is 1. The molecule has 9 heteroatoms. The van der Waals surface area contributed by atoms with Crippen LogP contribution in [0.15, 0.2) is 63.1 Å². The van der Waals surface area contributed by atoms with Crippen LogP contribution in [0, 0.1) is 0 Å². The van der Waals surface area contributed by atoms with Crippen LogP contribution in [0.4, 0.5) is 5.13 Å². The molecule has 8 nitrogen and oxygen atoms in total. The van der Waals surface area contributed by atoms with Gasteiger partial charge in [0, 0.05) is 22.4 Å². The number of anilines is 1. The fourth-order valence-electron chi connectivity index (χ4n) is 2.82. The number of thiazole rings is 1. The van der Waals surface area contributed by atoms with E-state index in [-0.39, 0.29) is 0 Å². The molecule has 0 spiro atoms. The van der Waals surface area contributed by atoms with E-state index >= 15 is 0 Å². The summed E-state index contributed by atoms with van der Waals surface area (Å²) >= 11 is 1.24. The molecule has 1 amide bonds. The highest BCUT2D eigenvalue weighted by atomic mass is 32.1. The van der Waals surface area contributed by atoms with Crippen LogP contribution < -0.4 is 26.0 Å². The van der Waals surface area contributed by atoms with E-state index in [1.165, 1.54) is 25.6 Å². The molecule has 2 N–H and O–H groups in total. The number of amides is 1. The number of nitrogens with one attached hydrogen (secondary N) is 2. The highest BCUT2D eigenvalue weighted by Gasteiger charge is 2.13. The van der Waals surface area contributed by atoms with Crippen LogP contribution in [0.1, 0.15) is 10.4 Å². The van der Waals surface area contributed by atoms with Crippen LogP contribution in [0.5, 0.6) is 11.5 Å². The number of rotatable bonds is 6. The van der Waals surface area contributed by atoms with Crippen molar-refractivity contribution < 1.29 is 18.7 Å². The van der Waals surface area contributed by atoms with E-state index < -0.39 is 11.5 Å². The molecule has 0 aliphatic carbocycles. The summed E-state index contributed by atoms with van der Waals surface area (Å²) in [6, 6.07) is 13.8. The average Bonchev–Trinajstić information content (AvgIpc) is 3.25. The van der Waals surface area contributed by atoms with Crippen molar-refractivity contribution in [2.75, 3.05) is 19.6 Å². The van der Waals surface area contributed by atoms with Crippen LogP contribution in [0.3, 0.4) is 0 Å². The molecule has 2 heterocycles. The molecule has 2 aromatic carbocycles. The van der Waals surface area contributed by atoms with Gasteiger partial charge in [-0.15, -0.1) is 11.3 Å². The number of hydrogen-bond donors (Lipinski definition) is 2. The Morgan fingerprint density at radius 2 is 1.80 bits per heavy atom. The molecular weight excluding hydrogens is 406 g/mol. The van der Waals surface area contributed by atoms with E-state index in [0.29, 0.717) is 39.0 Å². The van der Waals surface area contributed by atoms with E-state index in [4.69, 9.17) is 13.9 Å². The molecule has 0 bridgehead atoms. The number of ether oxygens (including phenoxy) is 2. The number of hydrogen-bond acceptors (Lipinski definition) is 8. The third-order valence-corrected chi connectivity index (χ3v) is 5.08. The molecule has 0 aliphatic rings. The van der Waals surface area contributed by atoms with Gasteiger partial charge in [0.15, 0.2) is 0 Å². The number of nitrogens with zero attached hydrogens (tertiary/aromatic N) is 1. The third-order valence-electron chi connectivity index (χ3n) is 4.32. The second-order valence-corrected chi connectivity index (χ2v) is 7.06. The van der Waals surface area contributed by atoms with Crippen LogP contribution in [-0.4, -0.2) is 25.1 Å². The zero-order valence-corrected chi connectivity index (χ0v) is 16.9. The average molecular weight is 423 g/mol. The van der Waals surface area contributed by atoms with Crippen molar-refractivity contribution in [2.24, 2.45) is 0 Å². The molecule has 0 radical (unpaired) electrons. The zero-order valence-electron chi connectivity index (χ0n) is 16.1. The third kappa shape index (κ3) is 3.96. The molecule has 2 aromatic heterocycles. The lowest BCUT2D eigenvalue weighted by molar-refractivity contribution is 0.0962. The molecular formula is C21H17N3O5S. The Bertz CT molecular complexity index is 1260. The Morgan fingerprint density at radius 3 is 2.53 bits per heavy atom. The second-order valence-electron chi connectivity index (χ2n) is 6.20. The highest BCUT2D eigenvalue weighted by Crippen LogP contribution is 2.25. The quantitative estimate of drug-likeness (QED) is 0.360. The monoisotopic (exact) mass is 423 g/mol. The van der Waals surface area contributed by atoms with E-state index in [1.54, 1.807) is 41.8 Å². The van der Waals surface area contributed by atoms with Crippen LogP contribution in [0.2, 0.25) is 0 Å². The predicted octanol–water partition coefficient (Wildman–Crippen LogP) is 3.69. The molecule has 0 aliphatic heterocycles. The number of methoxy groups -OCH3 is 2. The summed E-state index contributed by atoms with van der Waals surface area (Å²) in [7, 11) is 3.02. The van der Waals surface area contributed by atoms with Crippen molar-refractivity contribution in [1.29, 1.82) is 0 Å². The summed E-state index contributed by atoms with van der Waals surface area (Å²) in [5, 5.41) is 2.93. The molecule has 0 unspecified atom stereocenters. The topological polar surface area (TPSA) is 103 Å². The van der Waals surface area contributed by atoms with Gasteiger partial charge in [0.05, 0.1) is 25.5 Å². The van der Waals surface area contributed by atoms with Crippen LogP contribution in [0.25, 0.3) is 22.2 Å². The lowest BCUT2D eigenvalue weighted by Gasteiger charge is -2.09. The highest BCUT2D eigenvalue weighted by molar-refractivity contribution is 7.14. The maximum atomic E-state index is 12.5. The standard InChI is InChI=1S/C21H17N3O5S/c1-27-14-7-13(8-15(10-14)28-2)19(25)23-24-21-22-17(11-30-21)16-9-12-5-3-4-6-18(12)29-20(16)26/h3-11H,1-2H3,(H,22,24)(H,23,25). The smallest absolute Gasteiger partial charge is 0.345 e. The minimum Gasteiger partial charge on any atom is -0.497 e. The van der Waals surface area contributed by atoms with Crippen molar-refractivity contribution >= 4 is 33.3 Å². The molecule has 30 heavy (non-hydrogen) atoms. The minimum atomic E-state index is -0.474. The Hall–Kier alpha value is -3.85. The fourth-order valence-corrected chi connectivity index (χ4v) is 3.48. The second kappa shape index (κ2) is 8.26. The van der Waals surface area contributed by atoms with Crippen molar-refractivity contribution in [3.63, 3.8) is 0 Å². The number of para-hydroxylation sites is 1. The summed E-state index contributed by atoms with van der Waals surface area (Å²) < 4.78 is 15.7. The van der Waals surface area contributed by atoms with Gasteiger partial charge < -0.3 is 13.9 Å². The largest absolute Gasteiger partial charge is 0.497 e. The molecule has 0 saturated carbocycles. The van der Waals surface area contributed by atoms with E-state index in [2.05, 4.69) is 15.8 Å². The first-order chi connectivity index (χ1) is 14.6. The first-order valence-corrected chi connectivity index (χ1v) is 9.73. The number of carbonyl (C=O) groups excluding carboxylic acids is 1. The Labute approximate surface area is 175 Å². The zero-order chi connectivity index (χ0) is 21.1. The SMILES string of the molecule is COc1cc(OC)cc(C(=O)NNc2nc(-c3cc4ccccc4oc3=O)cs2)c1. The van der Waals surface area contributed by atoms with Gasteiger partial charge in [-0.2, -0.15) is 0 Å². The molecule has 152 valence electrons. The Balaban J connectivity index is 1.51. The van der Waals surface area contributed by atoms with Gasteiger partial charge in [-0.05, 0) is 24.3 Å². The summed E-state index contributed by atoms with van der Waals surface area (Å²) in [6.45, 7) is 0. The molecule has 0 fully saturated rings. The summed E-state index contributed by atoms with van der Waals surface area (Å²) in [5.41, 5.74) is 6.53. The number of hydrazine groups is 1. The number of benzene rings is 2. The maximum absolute atomic E-state index is 12.5. The van der Waals surface area contributed by atoms with Gasteiger partial charge >= 0.3 is 5.63 Å². The Morgan fingerprint density at radius 1 is 1.07 bits per heavy atom. The number of aromatic nitrogens is 1. The maximum Gasteiger partial charge on any atom is 0.345 e. The normalized spacial score (nSPS) is 10.6. The minimum absolute atomic E-state index is 0.349. The van der Waals surface area contributed by atoms with E-state index in [9.17, 15) is 9.59 Å². The molecule has 0 saturated heterocycles. The van der Waals surface area contributed by atoms with Crippen LogP contribution in [-0.2, 0) is 0 Å². The lowest BCUT2D eigenvalue weighted by Crippen LogP contribution is -2.29. The molecule has 4 rings (SSSR count). The first-order valence-electron chi connectivity index (χ1n) is 8.85. The van der Waals surface area contributed by atoms with Gasteiger partial charge in [-0.3, -0.25) is 15.6 Å². The van der Waals surface area contributed by atoms with Gasteiger partial charge in [-0.25, -0.2) is 9.78 Å². The summed E-state index contributed by atoms with van der Waals surface area (Å²) in [4.78, 5) is 29.1. The van der Waals surface area contributed by atoms with E-state index in [0.717, 1.165) is 5.39 Å². The Kier molecular flexibility index (Phi) is 5.36. The van der Waals surface area contributed by atoms with Gasteiger partial charge in [-0.1, -0.05) is 18.2 Å². The molecule has 4 aromatic rings. The summed E-state index contributed by atoms with van der Waals surface area (Å²) in [6.07, 6.45) is 0. The summed E-state index contributed by atoms with van der Waals surface area (Å²) in [5.74, 6) is 0.604. The first kappa shape index (κ1) is 19.5. The molecule has 0 atom stereocenters. The number of fused-ring (bicyclic) bond motifs is 1. The lowest BCUT2D eigenvalue weighted by atomic mass is 10.1. The van der Waals surface area contributed by atoms with Crippen molar-refractivity contribution in [1.82, 2.24) is 10.4 Å². The van der Waals surface area contributed by atoms with Gasteiger partial charge in [0.2, 0.25) is 5.13 Å². The van der Waals surface area contributed by atoms with Gasteiger partial charge in [0.1, 0.15) is 17.1 Å². The predicted molar refractivity (Wildman–Crippen MR) is 114 cm³/mol. The van der Waals surface area contributed by atoms with Crippen molar-refractivity contribution in [3.05, 3.63) is 69.9 Å². The fraction of sp³-hybridized carbons (Fsp3) is 0.0952. The van der Waals surface area contributed by atoms with Crippen molar-refractivity contribution in [3.8, 4) is 22.8 Å². The van der Waals surface area contributed by atoms with Crippen LogP contribution >= 0.6 is 11.3 Å². The van der Waals surface area contributed by atoms with Crippen molar-refractivity contribution in [2.45, 2.75) is 0 Å². The van der Waals surface area contributed by atoms with Gasteiger partial charge in [0.25, 0.3) is 5.91 Å².